The fourth-order valence-electron chi connectivity index (χ4n) is 4.29. The van der Waals surface area contributed by atoms with Crippen LogP contribution in [0, 0.1) is 5.92 Å². The van der Waals surface area contributed by atoms with E-state index in [0.29, 0.717) is 5.92 Å². The topological polar surface area (TPSA) is 28.1 Å². The summed E-state index contributed by atoms with van der Waals surface area (Å²) < 4.78 is 1.31. The van der Waals surface area contributed by atoms with Crippen molar-refractivity contribution in [2.24, 2.45) is 11.1 Å². The zero-order valence-electron chi connectivity index (χ0n) is 12.7. The van der Waals surface area contributed by atoms with E-state index in [1.807, 2.05) is 11.3 Å². The van der Waals surface area contributed by atoms with Crippen LogP contribution in [0.3, 0.4) is 0 Å². The number of benzene rings is 1. The summed E-state index contributed by atoms with van der Waals surface area (Å²) in [7, 11) is 0. The van der Waals surface area contributed by atoms with E-state index in [-0.39, 0.29) is 5.72 Å². The zero-order chi connectivity index (χ0) is 14.7. The third-order valence-corrected chi connectivity index (χ3v) is 6.44. The monoisotopic (exact) mass is 313 g/mol. The SMILES string of the molecule is CCN1C(c2cc3ccccc3s2)=NOC12CN1CCC2C1. The number of piperidine rings is 1. The molecule has 0 radical (unpaired) electrons. The van der Waals surface area contributed by atoms with Crippen molar-refractivity contribution < 1.29 is 4.84 Å². The Bertz CT molecular complexity index is 737. The van der Waals surface area contributed by atoms with Gasteiger partial charge in [-0.1, -0.05) is 23.4 Å². The van der Waals surface area contributed by atoms with E-state index in [0.717, 1.165) is 25.5 Å². The van der Waals surface area contributed by atoms with Crippen molar-refractivity contribution >= 4 is 27.3 Å². The van der Waals surface area contributed by atoms with Gasteiger partial charge in [-0.3, -0.25) is 4.90 Å². The predicted molar refractivity (Wildman–Crippen MR) is 89.1 cm³/mol. The Hall–Kier alpha value is -1.59. The van der Waals surface area contributed by atoms with Crippen LogP contribution in [0.4, 0.5) is 0 Å². The average molecular weight is 313 g/mol. The molecule has 1 aromatic carbocycles. The number of fused-ring (bicyclic) bond motifs is 4. The Morgan fingerprint density at radius 2 is 2.32 bits per heavy atom. The van der Waals surface area contributed by atoms with Crippen molar-refractivity contribution in [3.63, 3.8) is 0 Å². The number of hydrogen-bond acceptors (Lipinski definition) is 5. The van der Waals surface area contributed by atoms with Crippen molar-refractivity contribution in [2.45, 2.75) is 19.1 Å². The minimum absolute atomic E-state index is 0.210. The van der Waals surface area contributed by atoms with Gasteiger partial charge in [-0.25, -0.2) is 0 Å². The van der Waals surface area contributed by atoms with Gasteiger partial charge in [0.05, 0.1) is 11.4 Å². The maximum absolute atomic E-state index is 6.08. The Balaban J connectivity index is 1.55. The molecule has 4 nitrogen and oxygen atoms in total. The summed E-state index contributed by atoms with van der Waals surface area (Å²) in [6.45, 7) is 6.51. The van der Waals surface area contributed by atoms with Crippen LogP contribution in [-0.4, -0.2) is 47.5 Å². The summed E-state index contributed by atoms with van der Waals surface area (Å²) >= 11 is 1.81. The largest absolute Gasteiger partial charge is 0.363 e. The zero-order valence-corrected chi connectivity index (χ0v) is 13.5. The van der Waals surface area contributed by atoms with Gasteiger partial charge in [-0.05, 0) is 37.4 Å². The molecule has 2 saturated heterocycles. The van der Waals surface area contributed by atoms with Gasteiger partial charge in [-0.15, -0.1) is 11.3 Å². The molecule has 0 amide bonds. The quantitative estimate of drug-likeness (QED) is 0.853. The molecule has 114 valence electrons. The normalized spacial score (nSPS) is 33.0. The second-order valence-corrected chi connectivity index (χ2v) is 7.55. The highest BCUT2D eigenvalue weighted by Crippen LogP contribution is 2.45. The molecular weight excluding hydrogens is 294 g/mol. The highest BCUT2D eigenvalue weighted by atomic mass is 32.1. The van der Waals surface area contributed by atoms with E-state index in [9.17, 15) is 0 Å². The van der Waals surface area contributed by atoms with Gasteiger partial charge in [-0.2, -0.15) is 0 Å². The first kappa shape index (κ1) is 12.9. The lowest BCUT2D eigenvalue weighted by Crippen LogP contribution is -2.56. The summed E-state index contributed by atoms with van der Waals surface area (Å²) in [5.41, 5.74) is -0.210. The summed E-state index contributed by atoms with van der Waals surface area (Å²) in [4.78, 5) is 12.2. The van der Waals surface area contributed by atoms with Crippen molar-refractivity contribution in [1.29, 1.82) is 0 Å². The van der Waals surface area contributed by atoms with E-state index < -0.39 is 0 Å². The Labute approximate surface area is 134 Å². The molecule has 3 aliphatic heterocycles. The van der Waals surface area contributed by atoms with Gasteiger partial charge < -0.3 is 9.74 Å². The van der Waals surface area contributed by atoms with E-state index in [2.05, 4.69) is 52.2 Å². The third-order valence-electron chi connectivity index (χ3n) is 5.33. The molecule has 0 aliphatic carbocycles. The van der Waals surface area contributed by atoms with E-state index in [4.69, 9.17) is 4.84 Å². The van der Waals surface area contributed by atoms with Gasteiger partial charge in [0.2, 0.25) is 5.72 Å². The molecule has 2 fully saturated rings. The van der Waals surface area contributed by atoms with Gasteiger partial charge in [0.15, 0.2) is 5.84 Å². The Morgan fingerprint density at radius 3 is 3.05 bits per heavy atom. The molecular formula is C17H19N3OS. The lowest BCUT2D eigenvalue weighted by atomic mass is 9.94. The lowest BCUT2D eigenvalue weighted by molar-refractivity contribution is -0.126. The minimum atomic E-state index is -0.210. The standard InChI is InChI=1S/C17H19N3OS/c1-2-20-16(15-9-12-5-3-4-6-14(12)22-15)18-21-17(20)11-19-8-7-13(17)10-19/h3-6,9,13H,2,7-8,10-11H2,1H3. The van der Waals surface area contributed by atoms with Gasteiger partial charge in [0.25, 0.3) is 0 Å². The fraction of sp³-hybridized carbons (Fsp3) is 0.471. The van der Waals surface area contributed by atoms with Crippen molar-refractivity contribution in [1.82, 2.24) is 9.80 Å². The number of oxime groups is 1. The summed E-state index contributed by atoms with van der Waals surface area (Å²) in [6.07, 6.45) is 1.23. The molecule has 3 aliphatic rings. The second kappa shape index (κ2) is 4.46. The molecule has 3 atom stereocenters. The summed E-state index contributed by atoms with van der Waals surface area (Å²) in [6, 6.07) is 10.8. The average Bonchev–Trinajstić information content (AvgIpc) is 3.28. The minimum Gasteiger partial charge on any atom is -0.363 e. The molecule has 2 bridgehead atoms. The van der Waals surface area contributed by atoms with Gasteiger partial charge in [0, 0.05) is 23.7 Å². The van der Waals surface area contributed by atoms with E-state index in [1.165, 1.54) is 27.9 Å². The second-order valence-electron chi connectivity index (χ2n) is 6.46. The smallest absolute Gasteiger partial charge is 0.228 e. The maximum atomic E-state index is 6.08. The first-order valence-electron chi connectivity index (χ1n) is 8.05. The van der Waals surface area contributed by atoms with Crippen molar-refractivity contribution in [2.75, 3.05) is 26.2 Å². The molecule has 4 heterocycles. The summed E-state index contributed by atoms with van der Waals surface area (Å²) in [5, 5.41) is 5.82. The number of rotatable bonds is 2. The van der Waals surface area contributed by atoms with Gasteiger partial charge in [0.1, 0.15) is 0 Å². The first-order valence-corrected chi connectivity index (χ1v) is 8.87. The van der Waals surface area contributed by atoms with Crippen LogP contribution in [0.1, 0.15) is 18.2 Å². The molecule has 2 aromatic rings. The van der Waals surface area contributed by atoms with Crippen LogP contribution >= 0.6 is 11.3 Å². The van der Waals surface area contributed by atoms with E-state index >= 15 is 0 Å². The number of hydrogen-bond donors (Lipinski definition) is 0. The number of thiophene rings is 1. The molecule has 1 spiro atoms. The molecule has 5 rings (SSSR count). The molecule has 5 heteroatoms. The number of amidine groups is 1. The van der Waals surface area contributed by atoms with Crippen LogP contribution in [0.15, 0.2) is 35.5 Å². The van der Waals surface area contributed by atoms with Crippen LogP contribution < -0.4 is 0 Å². The predicted octanol–water partition coefficient (Wildman–Crippen LogP) is 2.95. The lowest BCUT2D eigenvalue weighted by Gasteiger charge is -2.39. The molecule has 0 saturated carbocycles. The summed E-state index contributed by atoms with van der Waals surface area (Å²) in [5.74, 6) is 1.61. The first-order chi connectivity index (χ1) is 10.8. The Morgan fingerprint density at radius 1 is 1.41 bits per heavy atom. The highest BCUT2D eigenvalue weighted by Gasteiger charge is 2.59. The fourth-order valence-corrected chi connectivity index (χ4v) is 5.34. The highest BCUT2D eigenvalue weighted by molar-refractivity contribution is 7.20. The Kier molecular flexibility index (Phi) is 2.62. The third kappa shape index (κ3) is 1.58. The molecule has 22 heavy (non-hydrogen) atoms. The van der Waals surface area contributed by atoms with Crippen LogP contribution in [0.5, 0.6) is 0 Å². The van der Waals surface area contributed by atoms with Crippen LogP contribution in [0.25, 0.3) is 10.1 Å². The van der Waals surface area contributed by atoms with E-state index in [1.54, 1.807) is 0 Å². The maximum Gasteiger partial charge on any atom is 0.228 e. The van der Waals surface area contributed by atoms with Crippen molar-refractivity contribution in [3.8, 4) is 0 Å². The van der Waals surface area contributed by atoms with Crippen LogP contribution in [-0.2, 0) is 4.84 Å². The molecule has 0 N–H and O–H groups in total. The van der Waals surface area contributed by atoms with Crippen LogP contribution in [0.2, 0.25) is 0 Å². The van der Waals surface area contributed by atoms with Crippen molar-refractivity contribution in [3.05, 3.63) is 35.2 Å². The van der Waals surface area contributed by atoms with Gasteiger partial charge >= 0.3 is 0 Å². The molecule has 1 aromatic heterocycles. The molecule has 3 unspecified atom stereocenters. The number of likely N-dealkylation sites (N-methyl/N-ethyl adjacent to an activating group) is 1. The number of nitrogens with zero attached hydrogens (tertiary/aromatic N) is 3.